The van der Waals surface area contributed by atoms with Crippen LogP contribution in [0.4, 0.5) is 5.13 Å². The third-order valence-electron chi connectivity index (χ3n) is 2.34. The number of anilines is 1. The lowest BCUT2D eigenvalue weighted by Crippen LogP contribution is -2.33. The Morgan fingerprint density at radius 1 is 1.40 bits per heavy atom. The van der Waals surface area contributed by atoms with E-state index >= 15 is 0 Å². The molecule has 0 unspecified atom stereocenters. The minimum Gasteiger partial charge on any atom is -0.301 e. The first kappa shape index (κ1) is 17.3. The van der Waals surface area contributed by atoms with Crippen molar-refractivity contribution >= 4 is 44.0 Å². The van der Waals surface area contributed by atoms with Gasteiger partial charge in [0.1, 0.15) is 0 Å². The van der Waals surface area contributed by atoms with Crippen molar-refractivity contribution < 1.29 is 13.2 Å². The van der Waals surface area contributed by atoms with Crippen LogP contribution < -0.4 is 5.32 Å². The zero-order valence-corrected chi connectivity index (χ0v) is 13.7. The molecule has 0 bridgehead atoms. The molecule has 20 heavy (non-hydrogen) atoms. The van der Waals surface area contributed by atoms with Gasteiger partial charge in [0, 0.05) is 25.9 Å². The first-order valence-corrected chi connectivity index (χ1v) is 8.88. The molecule has 0 aliphatic carbocycles. The summed E-state index contributed by atoms with van der Waals surface area (Å²) in [6, 6.07) is 0. The van der Waals surface area contributed by atoms with Crippen LogP contribution in [0.25, 0.3) is 0 Å². The fourth-order valence-corrected chi connectivity index (χ4v) is 4.27. The Morgan fingerprint density at radius 3 is 2.65 bits per heavy atom. The molecule has 1 aromatic rings. The van der Waals surface area contributed by atoms with E-state index in [2.05, 4.69) is 15.5 Å². The quantitative estimate of drug-likeness (QED) is 0.572. The van der Waals surface area contributed by atoms with Gasteiger partial charge in [-0.05, 0) is 6.42 Å². The summed E-state index contributed by atoms with van der Waals surface area (Å²) < 4.78 is 25.9. The summed E-state index contributed by atoms with van der Waals surface area (Å²) in [5.74, 6) is -0.117. The summed E-state index contributed by atoms with van der Waals surface area (Å²) in [6.45, 7) is 3.90. The second-order valence-electron chi connectivity index (χ2n) is 4.00. The van der Waals surface area contributed by atoms with Crippen molar-refractivity contribution in [3.63, 3.8) is 0 Å². The summed E-state index contributed by atoms with van der Waals surface area (Å²) in [6.07, 6.45) is 1.62. The molecule has 114 valence electrons. The molecule has 0 atom stereocenters. The Hall–Kier alpha value is -0.770. The van der Waals surface area contributed by atoms with Crippen LogP contribution in [0.1, 0.15) is 26.7 Å². The van der Waals surface area contributed by atoms with Gasteiger partial charge in [-0.15, -0.1) is 21.8 Å². The van der Waals surface area contributed by atoms with Crippen molar-refractivity contribution in [2.24, 2.45) is 0 Å². The second kappa shape index (κ2) is 7.87. The Balaban J connectivity index is 2.94. The van der Waals surface area contributed by atoms with Gasteiger partial charge in [0.15, 0.2) is 0 Å². The Morgan fingerprint density at radius 2 is 2.10 bits per heavy atom. The summed E-state index contributed by atoms with van der Waals surface area (Å²) in [4.78, 5) is 10.9. The summed E-state index contributed by atoms with van der Waals surface area (Å²) >= 11 is 6.48. The van der Waals surface area contributed by atoms with Crippen LogP contribution in [0.15, 0.2) is 4.34 Å². The van der Waals surface area contributed by atoms with Gasteiger partial charge >= 0.3 is 0 Å². The average molecular weight is 341 g/mol. The van der Waals surface area contributed by atoms with Gasteiger partial charge in [0.2, 0.25) is 15.4 Å². The number of amides is 1. The lowest BCUT2D eigenvalue weighted by molar-refractivity contribution is -0.114. The second-order valence-corrected chi connectivity index (χ2v) is 7.47. The van der Waals surface area contributed by atoms with Crippen LogP contribution in [0.3, 0.4) is 0 Å². The van der Waals surface area contributed by atoms with Gasteiger partial charge < -0.3 is 5.32 Å². The summed E-state index contributed by atoms with van der Waals surface area (Å²) in [5, 5.41) is 9.85. The van der Waals surface area contributed by atoms with Crippen LogP contribution >= 0.6 is 22.9 Å². The van der Waals surface area contributed by atoms with Crippen molar-refractivity contribution in [3.8, 4) is 0 Å². The van der Waals surface area contributed by atoms with Gasteiger partial charge in [-0.25, -0.2) is 8.42 Å². The van der Waals surface area contributed by atoms with Crippen LogP contribution in [-0.4, -0.2) is 47.8 Å². The third-order valence-corrected chi connectivity index (χ3v) is 5.60. The number of nitrogens with one attached hydrogen (secondary N) is 1. The molecule has 1 aromatic heterocycles. The highest BCUT2D eigenvalue weighted by Crippen LogP contribution is 2.23. The Labute approximate surface area is 127 Å². The number of carbonyl (C=O) groups excluding carboxylic acids is 1. The Kier molecular flexibility index (Phi) is 6.80. The molecule has 1 rings (SSSR count). The highest BCUT2D eigenvalue weighted by atomic mass is 35.5. The van der Waals surface area contributed by atoms with E-state index in [1.807, 2.05) is 6.92 Å². The standard InChI is InChI=1S/C10H17ClN4O3S2/c1-3-4-6-15(7-5-11)20(17,18)10-14-13-9(19-10)12-8(2)16/h3-7H2,1-2H3,(H,12,13,16). The zero-order chi connectivity index (χ0) is 15.2. The highest BCUT2D eigenvalue weighted by Gasteiger charge is 2.27. The minimum atomic E-state index is -3.71. The van der Waals surface area contributed by atoms with Crippen molar-refractivity contribution in [1.29, 1.82) is 0 Å². The van der Waals surface area contributed by atoms with E-state index < -0.39 is 10.0 Å². The number of sulfonamides is 1. The number of carbonyl (C=O) groups is 1. The molecule has 0 saturated carbocycles. The smallest absolute Gasteiger partial charge is 0.272 e. The molecule has 0 fully saturated rings. The number of aromatic nitrogens is 2. The first-order valence-electron chi connectivity index (χ1n) is 6.09. The molecule has 10 heteroatoms. The summed E-state index contributed by atoms with van der Waals surface area (Å²) in [5.41, 5.74) is 0. The topological polar surface area (TPSA) is 92.3 Å². The molecule has 0 aliphatic rings. The normalized spacial score (nSPS) is 11.8. The van der Waals surface area contributed by atoms with Gasteiger partial charge in [0.05, 0.1) is 0 Å². The number of hydrogen-bond acceptors (Lipinski definition) is 6. The number of rotatable bonds is 8. The van der Waals surface area contributed by atoms with Crippen molar-refractivity contribution in [3.05, 3.63) is 0 Å². The molecular weight excluding hydrogens is 324 g/mol. The maximum atomic E-state index is 12.4. The average Bonchev–Trinajstić information content (AvgIpc) is 2.82. The molecule has 1 N–H and O–H groups in total. The monoisotopic (exact) mass is 340 g/mol. The molecule has 1 amide bonds. The summed E-state index contributed by atoms with van der Waals surface area (Å²) in [7, 11) is -3.71. The number of nitrogens with zero attached hydrogens (tertiary/aromatic N) is 3. The molecule has 0 aromatic carbocycles. The predicted molar refractivity (Wildman–Crippen MR) is 78.6 cm³/mol. The van der Waals surface area contributed by atoms with E-state index in [0.717, 1.165) is 24.2 Å². The van der Waals surface area contributed by atoms with E-state index in [0.29, 0.717) is 6.54 Å². The molecule has 0 saturated heterocycles. The molecule has 7 nitrogen and oxygen atoms in total. The van der Waals surface area contributed by atoms with E-state index in [4.69, 9.17) is 11.6 Å². The van der Waals surface area contributed by atoms with Crippen molar-refractivity contribution in [1.82, 2.24) is 14.5 Å². The van der Waals surface area contributed by atoms with Crippen molar-refractivity contribution in [2.45, 2.75) is 31.0 Å². The SMILES string of the molecule is CCCCN(CCCl)S(=O)(=O)c1nnc(NC(C)=O)s1. The maximum Gasteiger partial charge on any atom is 0.272 e. The van der Waals surface area contributed by atoms with E-state index in [1.165, 1.54) is 11.2 Å². The maximum absolute atomic E-state index is 12.4. The van der Waals surface area contributed by atoms with Gasteiger partial charge in [-0.2, -0.15) is 4.31 Å². The predicted octanol–water partition coefficient (Wildman–Crippen LogP) is 1.53. The first-order chi connectivity index (χ1) is 9.41. The number of halogens is 1. The number of unbranched alkanes of at least 4 members (excludes halogenated alkanes) is 1. The minimum absolute atomic E-state index is 0.137. The zero-order valence-electron chi connectivity index (χ0n) is 11.3. The largest absolute Gasteiger partial charge is 0.301 e. The molecule has 1 heterocycles. The van der Waals surface area contributed by atoms with Crippen LogP contribution in [0.2, 0.25) is 0 Å². The van der Waals surface area contributed by atoms with Gasteiger partial charge in [-0.3, -0.25) is 4.79 Å². The molecule has 0 radical (unpaired) electrons. The lowest BCUT2D eigenvalue weighted by Gasteiger charge is -2.18. The van der Waals surface area contributed by atoms with Gasteiger partial charge in [-0.1, -0.05) is 24.7 Å². The molecular formula is C10H17ClN4O3S2. The number of alkyl halides is 1. The highest BCUT2D eigenvalue weighted by molar-refractivity contribution is 7.91. The fourth-order valence-electron chi connectivity index (χ4n) is 1.41. The van der Waals surface area contributed by atoms with Crippen LogP contribution in [0, 0.1) is 0 Å². The number of hydrogen-bond donors (Lipinski definition) is 1. The Bertz CT molecular complexity index is 546. The van der Waals surface area contributed by atoms with Crippen molar-refractivity contribution in [2.75, 3.05) is 24.3 Å². The third kappa shape index (κ3) is 4.65. The molecule has 0 aliphatic heterocycles. The van der Waals surface area contributed by atoms with E-state index in [9.17, 15) is 13.2 Å². The van der Waals surface area contributed by atoms with E-state index in [-0.39, 0.29) is 27.8 Å². The van der Waals surface area contributed by atoms with Gasteiger partial charge in [0.25, 0.3) is 10.0 Å². The van der Waals surface area contributed by atoms with Crippen LogP contribution in [0.5, 0.6) is 0 Å². The molecule has 0 spiro atoms. The van der Waals surface area contributed by atoms with E-state index in [1.54, 1.807) is 0 Å². The lowest BCUT2D eigenvalue weighted by atomic mass is 10.3. The van der Waals surface area contributed by atoms with Crippen LogP contribution in [-0.2, 0) is 14.8 Å². The fraction of sp³-hybridized carbons (Fsp3) is 0.700.